The molecule has 0 atom stereocenters. The van der Waals surface area contributed by atoms with E-state index in [0.29, 0.717) is 43.2 Å². The summed E-state index contributed by atoms with van der Waals surface area (Å²) in [7, 11) is 0. The number of aromatic amines is 1. The summed E-state index contributed by atoms with van der Waals surface area (Å²) < 4.78 is 7.18. The Morgan fingerprint density at radius 1 is 1.17 bits per heavy atom. The number of hydrogen-bond donors (Lipinski definition) is 2. The summed E-state index contributed by atoms with van der Waals surface area (Å²) in [5, 5.41) is 8.87. The highest BCUT2D eigenvalue weighted by atomic mass is 16.5. The highest BCUT2D eigenvalue weighted by molar-refractivity contribution is 5.62. The molecule has 0 aliphatic carbocycles. The van der Waals surface area contributed by atoms with Crippen molar-refractivity contribution in [2.24, 2.45) is 11.8 Å². The molecule has 0 saturated carbocycles. The maximum Gasteiger partial charge on any atom is 0.330 e. The summed E-state index contributed by atoms with van der Waals surface area (Å²) in [4.78, 5) is 29.0. The smallest absolute Gasteiger partial charge is 0.330 e. The number of H-pyrrole nitrogens is 1. The maximum atomic E-state index is 12.6. The minimum Gasteiger partial charge on any atom is -0.492 e. The Labute approximate surface area is 170 Å². The summed E-state index contributed by atoms with van der Waals surface area (Å²) in [5.74, 6) is 1.29. The van der Waals surface area contributed by atoms with Crippen molar-refractivity contribution in [2.45, 2.75) is 34.2 Å². The molecule has 8 heteroatoms. The molecule has 0 saturated heterocycles. The van der Waals surface area contributed by atoms with Gasteiger partial charge in [0.15, 0.2) is 0 Å². The average molecular weight is 399 g/mol. The van der Waals surface area contributed by atoms with E-state index in [1.54, 1.807) is 24.3 Å². The van der Waals surface area contributed by atoms with Gasteiger partial charge in [-0.1, -0.05) is 27.7 Å². The number of benzene rings is 1. The third-order valence-corrected chi connectivity index (χ3v) is 4.28. The van der Waals surface area contributed by atoms with Crippen LogP contribution in [0, 0.1) is 23.2 Å². The lowest BCUT2D eigenvalue weighted by Gasteiger charge is -2.28. The number of nitrogens with zero attached hydrogens (tertiary/aromatic N) is 3. The molecule has 0 spiro atoms. The topological polar surface area (TPSA) is 117 Å². The van der Waals surface area contributed by atoms with Gasteiger partial charge in [-0.15, -0.1) is 0 Å². The fraction of sp³-hybridized carbons (Fsp3) is 0.476. The second-order valence-corrected chi connectivity index (χ2v) is 7.82. The van der Waals surface area contributed by atoms with Crippen molar-refractivity contribution >= 4 is 11.5 Å². The van der Waals surface area contributed by atoms with Crippen LogP contribution in [0.1, 0.15) is 33.3 Å². The average Bonchev–Trinajstić information content (AvgIpc) is 2.64. The molecule has 29 heavy (non-hydrogen) atoms. The number of ether oxygens (including phenoxy) is 1. The molecule has 0 amide bonds. The van der Waals surface area contributed by atoms with Crippen molar-refractivity contribution in [3.63, 3.8) is 0 Å². The van der Waals surface area contributed by atoms with E-state index in [1.807, 2.05) is 32.6 Å². The van der Waals surface area contributed by atoms with Crippen molar-refractivity contribution in [3.8, 4) is 11.8 Å². The number of hydrogen-bond acceptors (Lipinski definition) is 6. The Morgan fingerprint density at radius 3 is 2.38 bits per heavy atom. The zero-order valence-electron chi connectivity index (χ0n) is 17.4. The normalized spacial score (nSPS) is 10.9. The van der Waals surface area contributed by atoms with Crippen molar-refractivity contribution in [2.75, 3.05) is 30.3 Å². The third-order valence-electron chi connectivity index (χ3n) is 4.28. The summed E-state index contributed by atoms with van der Waals surface area (Å²) in [5.41, 5.74) is 6.12. The van der Waals surface area contributed by atoms with Crippen LogP contribution < -0.4 is 26.6 Å². The fourth-order valence-electron chi connectivity index (χ4n) is 3.06. The van der Waals surface area contributed by atoms with Crippen LogP contribution in [0.25, 0.3) is 0 Å². The number of anilines is 2. The third kappa shape index (κ3) is 5.88. The first kappa shape index (κ1) is 22.1. The number of nitrogen functional groups attached to an aromatic ring is 1. The number of nitrogens with two attached hydrogens (primary N) is 1. The van der Waals surface area contributed by atoms with Gasteiger partial charge in [0.2, 0.25) is 0 Å². The van der Waals surface area contributed by atoms with Crippen LogP contribution in [0.3, 0.4) is 0 Å². The highest BCUT2D eigenvalue weighted by Gasteiger charge is 2.20. The fourth-order valence-corrected chi connectivity index (χ4v) is 3.06. The molecule has 1 heterocycles. The molecule has 1 aromatic heterocycles. The lowest BCUT2D eigenvalue weighted by molar-refractivity contribution is 0.321. The lowest BCUT2D eigenvalue weighted by Crippen LogP contribution is -2.41. The van der Waals surface area contributed by atoms with E-state index < -0.39 is 11.2 Å². The molecular formula is C21H29N5O3. The highest BCUT2D eigenvalue weighted by Crippen LogP contribution is 2.19. The van der Waals surface area contributed by atoms with Crippen molar-refractivity contribution in [3.05, 3.63) is 50.7 Å². The molecule has 0 bridgehead atoms. The molecular weight excluding hydrogens is 370 g/mol. The summed E-state index contributed by atoms with van der Waals surface area (Å²) >= 11 is 0. The standard InChI is InChI=1S/C21H29N5O3/c1-14(2)12-25(9-10-29-17-7-5-16(11-22)6-8-17)18-19(23)26(13-15(3)4)21(28)24-20(18)27/h5-8,14-15H,9-10,12-13,23H2,1-4H3,(H,24,27,28). The molecule has 0 fully saturated rings. The van der Waals surface area contributed by atoms with Crippen LogP contribution in [0.5, 0.6) is 5.75 Å². The van der Waals surface area contributed by atoms with Gasteiger partial charge in [0, 0.05) is 13.1 Å². The first-order valence-electron chi connectivity index (χ1n) is 9.73. The van der Waals surface area contributed by atoms with Gasteiger partial charge < -0.3 is 15.4 Å². The van der Waals surface area contributed by atoms with E-state index >= 15 is 0 Å². The van der Waals surface area contributed by atoms with E-state index in [1.165, 1.54) is 4.57 Å². The molecule has 0 aliphatic heterocycles. The Balaban J connectivity index is 2.26. The zero-order valence-corrected chi connectivity index (χ0v) is 17.4. The SMILES string of the molecule is CC(C)CN(CCOc1ccc(C#N)cc1)c1c(N)n(CC(C)C)c(=O)[nH]c1=O. The van der Waals surface area contributed by atoms with Gasteiger partial charge in [-0.3, -0.25) is 14.3 Å². The molecule has 2 aromatic rings. The number of rotatable bonds is 9. The number of aromatic nitrogens is 2. The predicted octanol–water partition coefficient (Wildman–Crippen LogP) is 2.19. The molecule has 0 aliphatic rings. The van der Waals surface area contributed by atoms with Gasteiger partial charge in [0.25, 0.3) is 5.56 Å². The minimum atomic E-state index is -0.497. The first-order chi connectivity index (χ1) is 13.7. The molecule has 3 N–H and O–H groups in total. The second-order valence-electron chi connectivity index (χ2n) is 7.82. The minimum absolute atomic E-state index is 0.173. The summed E-state index contributed by atoms with van der Waals surface area (Å²) in [6, 6.07) is 8.90. The quantitative estimate of drug-likeness (QED) is 0.667. The molecule has 2 rings (SSSR count). The Morgan fingerprint density at radius 2 is 1.83 bits per heavy atom. The van der Waals surface area contributed by atoms with Crippen molar-refractivity contribution in [1.82, 2.24) is 9.55 Å². The van der Waals surface area contributed by atoms with Crippen LogP contribution in [0.2, 0.25) is 0 Å². The van der Waals surface area contributed by atoms with E-state index in [2.05, 4.69) is 11.1 Å². The molecule has 156 valence electrons. The Kier molecular flexibility index (Phi) is 7.48. The van der Waals surface area contributed by atoms with Crippen LogP contribution in [-0.4, -0.2) is 29.2 Å². The van der Waals surface area contributed by atoms with Gasteiger partial charge in [0.1, 0.15) is 23.9 Å². The molecule has 0 radical (unpaired) electrons. The first-order valence-corrected chi connectivity index (χ1v) is 9.73. The summed E-state index contributed by atoms with van der Waals surface area (Å²) in [6.07, 6.45) is 0. The largest absolute Gasteiger partial charge is 0.492 e. The number of nitrogens with one attached hydrogen (secondary N) is 1. The maximum absolute atomic E-state index is 12.6. The van der Waals surface area contributed by atoms with Crippen LogP contribution in [0.4, 0.5) is 11.5 Å². The monoisotopic (exact) mass is 399 g/mol. The van der Waals surface area contributed by atoms with Gasteiger partial charge in [0.05, 0.1) is 18.2 Å². The molecule has 1 aromatic carbocycles. The van der Waals surface area contributed by atoms with Crippen molar-refractivity contribution < 1.29 is 4.74 Å². The summed E-state index contributed by atoms with van der Waals surface area (Å²) in [6.45, 7) is 9.80. The van der Waals surface area contributed by atoms with E-state index in [0.717, 1.165) is 0 Å². The van der Waals surface area contributed by atoms with E-state index in [-0.39, 0.29) is 17.7 Å². The molecule has 8 nitrogen and oxygen atoms in total. The predicted molar refractivity (Wildman–Crippen MR) is 114 cm³/mol. The van der Waals surface area contributed by atoms with Gasteiger partial charge in [-0.2, -0.15) is 5.26 Å². The Hall–Kier alpha value is -3.21. The van der Waals surface area contributed by atoms with Gasteiger partial charge in [-0.05, 0) is 36.1 Å². The van der Waals surface area contributed by atoms with Gasteiger partial charge in [-0.25, -0.2) is 4.79 Å². The molecule has 0 unspecified atom stereocenters. The van der Waals surface area contributed by atoms with Gasteiger partial charge >= 0.3 is 5.69 Å². The van der Waals surface area contributed by atoms with E-state index in [4.69, 9.17) is 15.7 Å². The Bertz CT molecular complexity index is 968. The van der Waals surface area contributed by atoms with Crippen molar-refractivity contribution in [1.29, 1.82) is 5.26 Å². The van der Waals surface area contributed by atoms with Crippen LogP contribution in [-0.2, 0) is 6.54 Å². The van der Waals surface area contributed by atoms with Crippen LogP contribution in [0.15, 0.2) is 33.9 Å². The lowest BCUT2D eigenvalue weighted by atomic mass is 10.2. The second kappa shape index (κ2) is 9.82. The van der Waals surface area contributed by atoms with E-state index in [9.17, 15) is 9.59 Å². The van der Waals surface area contributed by atoms with Crippen LogP contribution >= 0.6 is 0 Å². The zero-order chi connectivity index (χ0) is 21.6. The number of nitriles is 1.